The zero-order chi connectivity index (χ0) is 12.2. The van der Waals surface area contributed by atoms with Crippen molar-refractivity contribution in [2.45, 2.75) is 31.9 Å². The summed E-state index contributed by atoms with van der Waals surface area (Å²) in [6, 6.07) is 0.474. The first-order valence-electron chi connectivity index (χ1n) is 5.74. The highest BCUT2D eigenvalue weighted by Crippen LogP contribution is 2.27. The molecular formula is C11H22N2O2S. The van der Waals surface area contributed by atoms with Crippen molar-refractivity contribution >= 4 is 17.7 Å². The number of amides is 1. The summed E-state index contributed by atoms with van der Waals surface area (Å²) in [5.74, 6) is 1.18. The average molecular weight is 246 g/mol. The van der Waals surface area contributed by atoms with Crippen molar-refractivity contribution in [2.24, 2.45) is 0 Å². The van der Waals surface area contributed by atoms with Crippen LogP contribution in [0.5, 0.6) is 0 Å². The second-order valence-corrected chi connectivity index (χ2v) is 5.77. The minimum Gasteiger partial charge on any atom is -0.379 e. The lowest BCUT2D eigenvalue weighted by Crippen LogP contribution is -2.48. The van der Waals surface area contributed by atoms with Gasteiger partial charge in [-0.2, -0.15) is 11.8 Å². The molecule has 1 heterocycles. The van der Waals surface area contributed by atoms with Gasteiger partial charge in [-0.3, -0.25) is 4.79 Å². The van der Waals surface area contributed by atoms with Crippen LogP contribution in [0.3, 0.4) is 0 Å². The van der Waals surface area contributed by atoms with Crippen LogP contribution in [0.25, 0.3) is 0 Å². The lowest BCUT2D eigenvalue weighted by molar-refractivity contribution is -0.137. The number of carbonyl (C=O) groups excluding carboxylic acids is 1. The highest BCUT2D eigenvalue weighted by atomic mass is 32.2. The van der Waals surface area contributed by atoms with E-state index in [0.717, 1.165) is 12.3 Å². The molecule has 1 amide bonds. The normalized spacial score (nSPS) is 25.4. The molecule has 1 atom stereocenters. The number of hydrogen-bond acceptors (Lipinski definition) is 4. The number of thioether (sulfide) groups is 1. The number of carbonyl (C=O) groups is 1. The second kappa shape index (κ2) is 5.89. The number of likely N-dealkylation sites (N-methyl/N-ethyl adjacent to an activating group) is 1. The summed E-state index contributed by atoms with van der Waals surface area (Å²) in [4.78, 5) is 13.9. The van der Waals surface area contributed by atoms with Crippen LogP contribution >= 0.6 is 11.8 Å². The number of rotatable bonds is 5. The number of nitrogens with one attached hydrogen (secondary N) is 1. The molecule has 0 saturated carbocycles. The summed E-state index contributed by atoms with van der Waals surface area (Å²) in [6.45, 7) is 5.64. The molecule has 0 aliphatic carbocycles. The lowest BCUT2D eigenvalue weighted by atomic mass is 10.0. The van der Waals surface area contributed by atoms with E-state index in [1.807, 2.05) is 7.05 Å². The molecule has 1 fully saturated rings. The Morgan fingerprint density at radius 2 is 2.31 bits per heavy atom. The zero-order valence-electron chi connectivity index (χ0n) is 10.3. The third-order valence-electron chi connectivity index (χ3n) is 3.06. The van der Waals surface area contributed by atoms with E-state index in [1.54, 1.807) is 11.8 Å². The maximum atomic E-state index is 11.7. The quantitative estimate of drug-likeness (QED) is 0.733. The largest absolute Gasteiger partial charge is 0.379 e. The third kappa shape index (κ3) is 3.64. The highest BCUT2D eigenvalue weighted by Gasteiger charge is 2.39. The Morgan fingerprint density at radius 1 is 1.62 bits per heavy atom. The SMILES string of the molecule is CC(C)N(C)CCNC(=O)C1(O)CCSC1. The van der Waals surface area contributed by atoms with Crippen molar-refractivity contribution in [3.8, 4) is 0 Å². The van der Waals surface area contributed by atoms with Crippen molar-refractivity contribution in [1.82, 2.24) is 10.2 Å². The first kappa shape index (κ1) is 13.8. The maximum absolute atomic E-state index is 11.7. The van der Waals surface area contributed by atoms with Crippen LogP contribution in [0.1, 0.15) is 20.3 Å². The van der Waals surface area contributed by atoms with E-state index in [1.165, 1.54) is 0 Å². The molecule has 0 aromatic rings. The molecule has 1 saturated heterocycles. The summed E-state index contributed by atoms with van der Waals surface area (Å²) in [7, 11) is 2.02. The fourth-order valence-corrected chi connectivity index (χ4v) is 2.74. The van der Waals surface area contributed by atoms with Gasteiger partial charge < -0.3 is 15.3 Å². The van der Waals surface area contributed by atoms with Gasteiger partial charge in [0.05, 0.1) is 0 Å². The fraction of sp³-hybridized carbons (Fsp3) is 0.909. The molecule has 2 N–H and O–H groups in total. The van der Waals surface area contributed by atoms with Crippen LogP contribution in [-0.4, -0.2) is 59.2 Å². The summed E-state index contributed by atoms with van der Waals surface area (Å²) >= 11 is 1.63. The third-order valence-corrected chi connectivity index (χ3v) is 4.23. The van der Waals surface area contributed by atoms with Gasteiger partial charge in [-0.25, -0.2) is 0 Å². The summed E-state index contributed by atoms with van der Waals surface area (Å²) < 4.78 is 0. The van der Waals surface area contributed by atoms with Gasteiger partial charge in [0.2, 0.25) is 0 Å². The summed E-state index contributed by atoms with van der Waals surface area (Å²) in [5.41, 5.74) is -1.12. The molecule has 1 aliphatic heterocycles. The monoisotopic (exact) mass is 246 g/mol. The van der Waals surface area contributed by atoms with Crippen molar-refractivity contribution in [2.75, 3.05) is 31.6 Å². The molecule has 1 unspecified atom stereocenters. The van der Waals surface area contributed by atoms with Gasteiger partial charge in [-0.05, 0) is 33.1 Å². The van der Waals surface area contributed by atoms with E-state index in [2.05, 4.69) is 24.1 Å². The van der Waals surface area contributed by atoms with Gasteiger partial charge in [0, 0.05) is 24.9 Å². The number of aliphatic hydroxyl groups is 1. The standard InChI is InChI=1S/C11H22N2O2S/c1-9(2)13(3)6-5-12-10(14)11(15)4-7-16-8-11/h9,15H,4-8H2,1-3H3,(H,12,14). The van der Waals surface area contributed by atoms with E-state index in [4.69, 9.17) is 0 Å². The molecule has 0 radical (unpaired) electrons. The Kier molecular flexibility index (Phi) is 5.08. The Balaban J connectivity index is 2.25. The number of nitrogens with zero attached hydrogens (tertiary/aromatic N) is 1. The van der Waals surface area contributed by atoms with Gasteiger partial charge in [-0.1, -0.05) is 0 Å². The van der Waals surface area contributed by atoms with Crippen molar-refractivity contribution in [3.63, 3.8) is 0 Å². The zero-order valence-corrected chi connectivity index (χ0v) is 11.1. The van der Waals surface area contributed by atoms with Gasteiger partial charge in [0.1, 0.15) is 0 Å². The van der Waals surface area contributed by atoms with E-state index in [0.29, 0.717) is 24.8 Å². The Hall–Kier alpha value is -0.260. The molecular weight excluding hydrogens is 224 g/mol. The van der Waals surface area contributed by atoms with Crippen molar-refractivity contribution in [3.05, 3.63) is 0 Å². The van der Waals surface area contributed by atoms with Crippen molar-refractivity contribution < 1.29 is 9.90 Å². The Morgan fingerprint density at radius 3 is 2.81 bits per heavy atom. The Bertz CT molecular complexity index is 240. The summed E-state index contributed by atoms with van der Waals surface area (Å²) in [5, 5.41) is 12.8. The summed E-state index contributed by atoms with van der Waals surface area (Å²) in [6.07, 6.45) is 0.573. The molecule has 0 aromatic heterocycles. The van der Waals surface area contributed by atoms with Crippen LogP contribution < -0.4 is 5.32 Å². The van der Waals surface area contributed by atoms with E-state index < -0.39 is 5.60 Å². The molecule has 1 aliphatic rings. The predicted molar refractivity (Wildman–Crippen MR) is 67.7 cm³/mol. The molecule has 0 aromatic carbocycles. The molecule has 5 heteroatoms. The van der Waals surface area contributed by atoms with Crippen LogP contribution in [0.15, 0.2) is 0 Å². The molecule has 94 valence electrons. The van der Waals surface area contributed by atoms with Crippen LogP contribution in [0, 0.1) is 0 Å². The van der Waals surface area contributed by atoms with Gasteiger partial charge >= 0.3 is 0 Å². The van der Waals surface area contributed by atoms with Crippen LogP contribution in [0.4, 0.5) is 0 Å². The fourth-order valence-electron chi connectivity index (χ4n) is 1.50. The average Bonchev–Trinajstić information content (AvgIpc) is 2.66. The van der Waals surface area contributed by atoms with Gasteiger partial charge in [0.25, 0.3) is 5.91 Å². The molecule has 4 nitrogen and oxygen atoms in total. The van der Waals surface area contributed by atoms with Crippen LogP contribution in [-0.2, 0) is 4.79 Å². The molecule has 16 heavy (non-hydrogen) atoms. The molecule has 0 bridgehead atoms. The van der Waals surface area contributed by atoms with Crippen molar-refractivity contribution in [1.29, 1.82) is 0 Å². The molecule has 0 spiro atoms. The minimum atomic E-state index is -1.12. The lowest BCUT2D eigenvalue weighted by Gasteiger charge is -2.23. The second-order valence-electron chi connectivity index (χ2n) is 4.66. The van der Waals surface area contributed by atoms with Gasteiger partial charge in [-0.15, -0.1) is 0 Å². The first-order chi connectivity index (χ1) is 7.46. The number of hydrogen-bond donors (Lipinski definition) is 2. The Labute approximate surface area is 102 Å². The minimum absolute atomic E-state index is 0.213. The maximum Gasteiger partial charge on any atom is 0.252 e. The van der Waals surface area contributed by atoms with E-state index in [9.17, 15) is 9.90 Å². The highest BCUT2D eigenvalue weighted by molar-refractivity contribution is 7.99. The molecule has 1 rings (SSSR count). The first-order valence-corrected chi connectivity index (χ1v) is 6.90. The topological polar surface area (TPSA) is 52.6 Å². The predicted octanol–water partition coefficient (Wildman–Crippen LogP) is 0.311. The van der Waals surface area contributed by atoms with Gasteiger partial charge in [0.15, 0.2) is 5.60 Å². The van der Waals surface area contributed by atoms with Crippen LogP contribution in [0.2, 0.25) is 0 Å². The smallest absolute Gasteiger partial charge is 0.252 e. The van der Waals surface area contributed by atoms with E-state index >= 15 is 0 Å². The van der Waals surface area contributed by atoms with E-state index in [-0.39, 0.29) is 5.91 Å².